The summed E-state index contributed by atoms with van der Waals surface area (Å²) in [5.74, 6) is -0.513. The number of carbonyl (C=O) groups excluding carboxylic acids is 2. The van der Waals surface area contributed by atoms with Crippen molar-refractivity contribution >= 4 is 11.8 Å². The Kier molecular flexibility index (Phi) is 3.53. The zero-order valence-electron chi connectivity index (χ0n) is 11.2. The maximum absolute atomic E-state index is 12.3. The van der Waals surface area contributed by atoms with E-state index in [1.165, 1.54) is 4.90 Å². The normalized spacial score (nSPS) is 14.7. The summed E-state index contributed by atoms with van der Waals surface area (Å²) in [5.41, 5.74) is 0.240. The van der Waals surface area contributed by atoms with Gasteiger partial charge in [-0.05, 0) is 26.0 Å². The molecule has 0 bridgehead atoms. The Hall–Kier alpha value is -1.94. The molecule has 1 aromatic carbocycles. The summed E-state index contributed by atoms with van der Waals surface area (Å²) in [6.07, 6.45) is 1.64. The molecule has 2 amide bonds. The Labute approximate surface area is 112 Å². The lowest BCUT2D eigenvalue weighted by Gasteiger charge is -2.33. The van der Waals surface area contributed by atoms with Crippen molar-refractivity contribution in [2.75, 3.05) is 13.2 Å². The maximum atomic E-state index is 12.3. The SMILES string of the molecule is C=CCOCC(C)(C)N1C(=O)c2ccccc2C1=O. The molecule has 0 spiro atoms. The van der Waals surface area contributed by atoms with Gasteiger partial charge in [0.2, 0.25) is 0 Å². The van der Waals surface area contributed by atoms with Crippen molar-refractivity contribution in [2.45, 2.75) is 19.4 Å². The number of ether oxygens (including phenoxy) is 1. The van der Waals surface area contributed by atoms with Crippen LogP contribution in [0, 0.1) is 0 Å². The van der Waals surface area contributed by atoms with Gasteiger partial charge in [-0.2, -0.15) is 0 Å². The molecule has 0 aromatic heterocycles. The van der Waals surface area contributed by atoms with Crippen molar-refractivity contribution in [3.05, 3.63) is 48.0 Å². The monoisotopic (exact) mass is 259 g/mol. The van der Waals surface area contributed by atoms with Crippen LogP contribution in [0.25, 0.3) is 0 Å². The van der Waals surface area contributed by atoms with Gasteiger partial charge in [0.1, 0.15) is 0 Å². The highest BCUT2D eigenvalue weighted by atomic mass is 16.5. The van der Waals surface area contributed by atoms with Crippen molar-refractivity contribution in [2.24, 2.45) is 0 Å². The lowest BCUT2D eigenvalue weighted by atomic mass is 10.0. The molecular weight excluding hydrogens is 242 g/mol. The van der Waals surface area contributed by atoms with Crippen LogP contribution < -0.4 is 0 Å². The molecule has 1 aliphatic rings. The first-order chi connectivity index (χ1) is 8.99. The third-order valence-electron chi connectivity index (χ3n) is 3.09. The molecule has 100 valence electrons. The van der Waals surface area contributed by atoms with Crippen molar-refractivity contribution < 1.29 is 14.3 Å². The Morgan fingerprint density at radius 3 is 2.21 bits per heavy atom. The third kappa shape index (κ3) is 2.31. The second-order valence-electron chi connectivity index (χ2n) is 5.11. The largest absolute Gasteiger partial charge is 0.375 e. The molecule has 4 heteroatoms. The van der Waals surface area contributed by atoms with Crippen molar-refractivity contribution in [3.63, 3.8) is 0 Å². The summed E-state index contributed by atoms with van der Waals surface area (Å²) in [7, 11) is 0. The summed E-state index contributed by atoms with van der Waals surface area (Å²) in [4.78, 5) is 25.9. The molecule has 1 heterocycles. The van der Waals surface area contributed by atoms with Crippen LogP contribution in [0.1, 0.15) is 34.6 Å². The number of benzene rings is 1. The minimum atomic E-state index is -0.684. The van der Waals surface area contributed by atoms with Crippen LogP contribution in [0.15, 0.2) is 36.9 Å². The Balaban J connectivity index is 2.25. The zero-order chi connectivity index (χ0) is 14.0. The van der Waals surface area contributed by atoms with E-state index in [1.807, 2.05) is 13.8 Å². The Morgan fingerprint density at radius 1 is 1.21 bits per heavy atom. The number of nitrogens with zero attached hydrogens (tertiary/aromatic N) is 1. The number of rotatable bonds is 5. The predicted octanol–water partition coefficient (Wildman–Crippen LogP) is 2.26. The predicted molar refractivity (Wildman–Crippen MR) is 72.0 cm³/mol. The Morgan fingerprint density at radius 2 is 1.74 bits per heavy atom. The van der Waals surface area contributed by atoms with Gasteiger partial charge in [0, 0.05) is 0 Å². The van der Waals surface area contributed by atoms with Gasteiger partial charge >= 0.3 is 0 Å². The number of fused-ring (bicyclic) bond motifs is 1. The third-order valence-corrected chi connectivity index (χ3v) is 3.09. The number of imide groups is 1. The smallest absolute Gasteiger partial charge is 0.262 e. The first kappa shape index (κ1) is 13.5. The zero-order valence-corrected chi connectivity index (χ0v) is 11.2. The maximum Gasteiger partial charge on any atom is 0.262 e. The van der Waals surface area contributed by atoms with Gasteiger partial charge in [0.15, 0.2) is 0 Å². The van der Waals surface area contributed by atoms with Crippen molar-refractivity contribution in [1.82, 2.24) is 4.90 Å². The molecule has 2 rings (SSSR count). The Bertz CT molecular complexity index is 499. The minimum Gasteiger partial charge on any atom is -0.375 e. The number of amides is 2. The highest BCUT2D eigenvalue weighted by Gasteiger charge is 2.43. The van der Waals surface area contributed by atoms with Crippen LogP contribution in [0.4, 0.5) is 0 Å². The van der Waals surface area contributed by atoms with E-state index < -0.39 is 5.54 Å². The molecule has 0 aliphatic carbocycles. The van der Waals surface area contributed by atoms with E-state index in [4.69, 9.17) is 4.74 Å². The number of hydrogen-bond donors (Lipinski definition) is 0. The highest BCUT2D eigenvalue weighted by molar-refractivity contribution is 6.21. The average Bonchev–Trinajstić information content (AvgIpc) is 2.63. The molecule has 0 unspecified atom stereocenters. The lowest BCUT2D eigenvalue weighted by Crippen LogP contribution is -2.50. The van der Waals surface area contributed by atoms with Gasteiger partial charge in [0.25, 0.3) is 11.8 Å². The molecule has 1 aliphatic heterocycles. The van der Waals surface area contributed by atoms with Crippen LogP contribution in [0.3, 0.4) is 0 Å². The van der Waals surface area contributed by atoms with Gasteiger partial charge in [-0.3, -0.25) is 14.5 Å². The van der Waals surface area contributed by atoms with E-state index in [0.717, 1.165) is 0 Å². The van der Waals surface area contributed by atoms with E-state index in [1.54, 1.807) is 30.3 Å². The van der Waals surface area contributed by atoms with Crippen LogP contribution >= 0.6 is 0 Å². The molecule has 0 N–H and O–H groups in total. The van der Waals surface area contributed by atoms with Crippen molar-refractivity contribution in [1.29, 1.82) is 0 Å². The summed E-state index contributed by atoms with van der Waals surface area (Å²) in [5, 5.41) is 0. The minimum absolute atomic E-state index is 0.257. The first-order valence-electron chi connectivity index (χ1n) is 6.15. The fraction of sp³-hybridized carbons (Fsp3) is 0.333. The van der Waals surface area contributed by atoms with E-state index in [2.05, 4.69) is 6.58 Å². The van der Waals surface area contributed by atoms with Gasteiger partial charge in [-0.15, -0.1) is 6.58 Å². The van der Waals surface area contributed by atoms with Gasteiger partial charge in [-0.1, -0.05) is 18.2 Å². The summed E-state index contributed by atoms with van der Waals surface area (Å²) < 4.78 is 5.39. The van der Waals surface area contributed by atoms with Gasteiger partial charge in [-0.25, -0.2) is 0 Å². The second kappa shape index (κ2) is 4.97. The first-order valence-corrected chi connectivity index (χ1v) is 6.15. The van der Waals surface area contributed by atoms with Crippen molar-refractivity contribution in [3.8, 4) is 0 Å². The molecular formula is C15H17NO3. The van der Waals surface area contributed by atoms with E-state index in [-0.39, 0.29) is 18.4 Å². The molecule has 4 nitrogen and oxygen atoms in total. The molecule has 0 saturated carbocycles. The van der Waals surface area contributed by atoms with Gasteiger partial charge in [0.05, 0.1) is 29.9 Å². The molecule has 1 aromatic rings. The number of carbonyl (C=O) groups is 2. The standard InChI is InChI=1S/C15H17NO3/c1-4-9-19-10-15(2,3)16-13(17)11-7-5-6-8-12(11)14(16)18/h4-8H,1,9-10H2,2-3H3. The van der Waals surface area contributed by atoms with Crippen LogP contribution in [0.5, 0.6) is 0 Å². The molecule has 0 fully saturated rings. The fourth-order valence-corrected chi connectivity index (χ4v) is 2.20. The number of hydrogen-bond acceptors (Lipinski definition) is 3. The summed E-state index contributed by atoms with van der Waals surface area (Å²) in [6.45, 7) is 7.88. The van der Waals surface area contributed by atoms with E-state index >= 15 is 0 Å². The van der Waals surface area contributed by atoms with Gasteiger partial charge < -0.3 is 4.74 Å². The van der Waals surface area contributed by atoms with E-state index in [9.17, 15) is 9.59 Å². The summed E-state index contributed by atoms with van der Waals surface area (Å²) >= 11 is 0. The topological polar surface area (TPSA) is 46.6 Å². The fourth-order valence-electron chi connectivity index (χ4n) is 2.20. The van der Waals surface area contributed by atoms with Crippen LogP contribution in [-0.4, -0.2) is 35.5 Å². The van der Waals surface area contributed by atoms with Crippen LogP contribution in [-0.2, 0) is 4.74 Å². The molecule has 19 heavy (non-hydrogen) atoms. The molecule has 0 radical (unpaired) electrons. The molecule has 0 saturated heterocycles. The van der Waals surface area contributed by atoms with Crippen LogP contribution in [0.2, 0.25) is 0 Å². The molecule has 0 atom stereocenters. The summed E-state index contributed by atoms with van der Waals surface area (Å²) in [6, 6.07) is 6.87. The lowest BCUT2D eigenvalue weighted by molar-refractivity contribution is 0.0218. The average molecular weight is 259 g/mol. The van der Waals surface area contributed by atoms with E-state index in [0.29, 0.717) is 17.7 Å². The highest BCUT2D eigenvalue weighted by Crippen LogP contribution is 2.29. The quantitative estimate of drug-likeness (QED) is 0.463. The second-order valence-corrected chi connectivity index (χ2v) is 5.11.